The molecule has 0 aromatic heterocycles. The maximum Gasteiger partial charge on any atom is 0.261 e. The zero-order valence-electron chi connectivity index (χ0n) is 25.8. The lowest BCUT2D eigenvalue weighted by atomic mass is 9.85. The number of halogens is 3. The van der Waals surface area contributed by atoms with Crippen molar-refractivity contribution in [2.75, 3.05) is 25.0 Å². The average molecular weight is 643 g/mol. The van der Waals surface area contributed by atoms with E-state index >= 15 is 4.39 Å². The van der Waals surface area contributed by atoms with Crippen molar-refractivity contribution in [3.8, 4) is 5.75 Å². The Hall–Kier alpha value is -4.67. The summed E-state index contributed by atoms with van der Waals surface area (Å²) in [4.78, 5) is 29.1. The molecule has 4 aromatic rings. The molecule has 7 nitrogen and oxygen atoms in total. The van der Waals surface area contributed by atoms with Crippen LogP contribution in [-0.2, 0) is 16.0 Å². The molecule has 47 heavy (non-hydrogen) atoms. The van der Waals surface area contributed by atoms with Crippen molar-refractivity contribution < 1.29 is 27.5 Å². The minimum absolute atomic E-state index is 0.0928. The van der Waals surface area contributed by atoms with Gasteiger partial charge in [-0.05, 0) is 85.3 Å². The largest absolute Gasteiger partial charge is 0.484 e. The standard InChI is InChI=1S/C37H37F3N4O3/c38-26-13-9-24(10-14-26)34(25-11-15-27(39)16-12-25)35(41)36(46)43-32-8-4-7-31(40)30(32)18-17-28-21-42-23-37(19-20-37)44(28)33(45)22-47-29-5-2-1-3-6-29/h1-16,28,34-35,42H,17-23,41H2,(H,43,46). The Morgan fingerprint density at radius 2 is 1.53 bits per heavy atom. The highest BCUT2D eigenvalue weighted by Crippen LogP contribution is 2.45. The molecule has 4 N–H and O–H groups in total. The van der Waals surface area contributed by atoms with Crippen LogP contribution in [0, 0.1) is 17.5 Å². The highest BCUT2D eigenvalue weighted by atomic mass is 19.1. The van der Waals surface area contributed by atoms with Crippen LogP contribution in [0.1, 0.15) is 41.9 Å². The molecule has 2 fully saturated rings. The normalized spacial score (nSPS) is 17.4. The summed E-state index contributed by atoms with van der Waals surface area (Å²) < 4.78 is 48.6. The smallest absolute Gasteiger partial charge is 0.261 e. The number of anilines is 1. The lowest BCUT2D eigenvalue weighted by Gasteiger charge is -2.43. The highest BCUT2D eigenvalue weighted by molar-refractivity contribution is 5.96. The molecule has 4 aromatic carbocycles. The van der Waals surface area contributed by atoms with Gasteiger partial charge in [-0.25, -0.2) is 13.2 Å². The highest BCUT2D eigenvalue weighted by Gasteiger charge is 2.54. The van der Waals surface area contributed by atoms with Crippen LogP contribution in [0.4, 0.5) is 18.9 Å². The first-order chi connectivity index (χ1) is 22.7. The molecule has 1 saturated carbocycles. The lowest BCUT2D eigenvalue weighted by Crippen LogP contribution is -2.62. The number of para-hydroxylation sites is 1. The Kier molecular flexibility index (Phi) is 9.60. The molecule has 1 saturated heterocycles. The second-order valence-electron chi connectivity index (χ2n) is 12.3. The van der Waals surface area contributed by atoms with E-state index < -0.39 is 35.3 Å². The fraction of sp³-hybridized carbons (Fsp3) is 0.297. The number of hydrogen-bond acceptors (Lipinski definition) is 5. The topological polar surface area (TPSA) is 96.7 Å². The molecule has 2 amide bonds. The quantitative estimate of drug-likeness (QED) is 0.200. The van der Waals surface area contributed by atoms with Gasteiger partial charge in [0.05, 0.1) is 11.6 Å². The monoisotopic (exact) mass is 642 g/mol. The molecule has 10 heteroatoms. The van der Waals surface area contributed by atoms with Crippen molar-refractivity contribution in [2.24, 2.45) is 5.73 Å². The molecule has 1 aliphatic heterocycles. The van der Waals surface area contributed by atoms with Crippen LogP contribution in [0.2, 0.25) is 0 Å². The molecule has 6 rings (SSSR count). The molecule has 1 aliphatic carbocycles. The molecule has 0 radical (unpaired) electrons. The summed E-state index contributed by atoms with van der Waals surface area (Å²) in [6.45, 7) is 1.16. The Morgan fingerprint density at radius 3 is 2.15 bits per heavy atom. The van der Waals surface area contributed by atoms with Gasteiger partial charge in [-0.15, -0.1) is 0 Å². The second kappa shape index (κ2) is 14.0. The number of ether oxygens (including phenoxy) is 1. The molecule has 2 atom stereocenters. The lowest BCUT2D eigenvalue weighted by molar-refractivity contribution is -0.141. The van der Waals surface area contributed by atoms with Gasteiger partial charge in [0.15, 0.2) is 6.61 Å². The van der Waals surface area contributed by atoms with E-state index in [9.17, 15) is 18.4 Å². The van der Waals surface area contributed by atoms with E-state index in [0.29, 0.717) is 42.0 Å². The summed E-state index contributed by atoms with van der Waals surface area (Å²) in [7, 11) is 0. The zero-order valence-corrected chi connectivity index (χ0v) is 25.8. The van der Waals surface area contributed by atoms with Crippen LogP contribution >= 0.6 is 0 Å². The number of hydrogen-bond donors (Lipinski definition) is 3. The Balaban J connectivity index is 1.18. The minimum atomic E-state index is -1.17. The summed E-state index contributed by atoms with van der Waals surface area (Å²) in [5.41, 5.74) is 7.98. The summed E-state index contributed by atoms with van der Waals surface area (Å²) in [6.07, 6.45) is 2.48. The predicted octanol–water partition coefficient (Wildman–Crippen LogP) is 5.55. The van der Waals surface area contributed by atoms with Crippen LogP contribution in [0.15, 0.2) is 97.1 Å². The summed E-state index contributed by atoms with van der Waals surface area (Å²) in [6, 6.07) is 23.5. The summed E-state index contributed by atoms with van der Waals surface area (Å²) >= 11 is 0. The van der Waals surface area contributed by atoms with E-state index in [0.717, 1.165) is 12.8 Å². The molecule has 2 aliphatic rings. The molecule has 244 valence electrons. The van der Waals surface area contributed by atoms with Gasteiger partial charge in [-0.1, -0.05) is 48.5 Å². The van der Waals surface area contributed by atoms with Gasteiger partial charge in [0.1, 0.15) is 23.2 Å². The van der Waals surface area contributed by atoms with Crippen molar-refractivity contribution in [1.82, 2.24) is 10.2 Å². The van der Waals surface area contributed by atoms with Gasteiger partial charge in [-0.3, -0.25) is 9.59 Å². The number of carbonyl (C=O) groups excluding carboxylic acids is 2. The van der Waals surface area contributed by atoms with Gasteiger partial charge in [0.2, 0.25) is 5.91 Å². The van der Waals surface area contributed by atoms with Gasteiger partial charge in [-0.2, -0.15) is 0 Å². The van der Waals surface area contributed by atoms with E-state index in [1.54, 1.807) is 18.2 Å². The molecular formula is C37H37F3N4O3. The summed E-state index contributed by atoms with van der Waals surface area (Å²) in [5, 5.41) is 6.26. The van der Waals surface area contributed by atoms with E-state index in [4.69, 9.17) is 10.5 Å². The van der Waals surface area contributed by atoms with Crippen LogP contribution in [-0.4, -0.2) is 54.0 Å². The molecule has 0 bridgehead atoms. The van der Waals surface area contributed by atoms with Crippen molar-refractivity contribution in [1.29, 1.82) is 0 Å². The van der Waals surface area contributed by atoms with Crippen LogP contribution in [0.3, 0.4) is 0 Å². The number of benzene rings is 4. The molecule has 1 spiro atoms. The summed E-state index contributed by atoms with van der Waals surface area (Å²) in [5.74, 6) is -2.18. The first-order valence-corrected chi connectivity index (χ1v) is 15.8. The number of nitrogens with one attached hydrogen (secondary N) is 2. The van der Waals surface area contributed by atoms with E-state index in [2.05, 4.69) is 10.6 Å². The van der Waals surface area contributed by atoms with E-state index in [-0.39, 0.29) is 36.2 Å². The van der Waals surface area contributed by atoms with Gasteiger partial charge in [0.25, 0.3) is 5.91 Å². The van der Waals surface area contributed by atoms with Crippen LogP contribution in [0.25, 0.3) is 0 Å². The average Bonchev–Trinajstić information content (AvgIpc) is 3.84. The SMILES string of the molecule is NC(C(=O)Nc1cccc(F)c1CCC1CNCC2(CC2)N1C(=O)COc1ccccc1)C(c1ccc(F)cc1)c1ccc(F)cc1. The Labute approximate surface area is 271 Å². The minimum Gasteiger partial charge on any atom is -0.484 e. The number of rotatable bonds is 11. The Bertz CT molecular complexity index is 1650. The van der Waals surface area contributed by atoms with Gasteiger partial charge >= 0.3 is 0 Å². The number of nitrogens with two attached hydrogens (primary N) is 1. The first-order valence-electron chi connectivity index (χ1n) is 15.8. The Morgan fingerprint density at radius 1 is 0.894 bits per heavy atom. The molecule has 2 unspecified atom stereocenters. The fourth-order valence-corrected chi connectivity index (χ4v) is 6.58. The van der Waals surface area contributed by atoms with E-state index in [1.165, 1.54) is 60.7 Å². The predicted molar refractivity (Wildman–Crippen MR) is 173 cm³/mol. The third-order valence-corrected chi connectivity index (χ3v) is 9.14. The van der Waals surface area contributed by atoms with Crippen molar-refractivity contribution >= 4 is 17.5 Å². The number of piperazine rings is 1. The number of nitrogens with zero attached hydrogens (tertiary/aromatic N) is 1. The van der Waals surface area contributed by atoms with Crippen LogP contribution < -0.4 is 21.1 Å². The van der Waals surface area contributed by atoms with Crippen molar-refractivity contribution in [2.45, 2.75) is 49.2 Å². The van der Waals surface area contributed by atoms with Crippen molar-refractivity contribution in [3.63, 3.8) is 0 Å². The second-order valence-corrected chi connectivity index (χ2v) is 12.3. The fourth-order valence-electron chi connectivity index (χ4n) is 6.58. The maximum atomic E-state index is 15.4. The zero-order chi connectivity index (χ0) is 33.0. The van der Waals surface area contributed by atoms with E-state index in [1.807, 2.05) is 23.1 Å². The molecule has 1 heterocycles. The number of amides is 2. The first kappa shape index (κ1) is 32.3. The maximum absolute atomic E-state index is 15.4. The van der Waals surface area contributed by atoms with Crippen LogP contribution in [0.5, 0.6) is 5.75 Å². The molecular weight excluding hydrogens is 605 g/mol. The third-order valence-electron chi connectivity index (χ3n) is 9.14. The van der Waals surface area contributed by atoms with Gasteiger partial charge in [0, 0.05) is 36.3 Å². The van der Waals surface area contributed by atoms with Crippen molar-refractivity contribution in [3.05, 3.63) is 131 Å². The van der Waals surface area contributed by atoms with Gasteiger partial charge < -0.3 is 26.0 Å². The number of carbonyl (C=O) groups is 2. The third kappa shape index (κ3) is 7.34.